The van der Waals surface area contributed by atoms with Gasteiger partial charge in [0.15, 0.2) is 0 Å². The van der Waals surface area contributed by atoms with Crippen LogP contribution in [0.1, 0.15) is 0 Å². The van der Waals surface area contributed by atoms with Gasteiger partial charge in [0, 0.05) is 33.0 Å². The molecule has 3 nitrogen and oxygen atoms in total. The molecule has 0 amide bonds. The molecule has 0 atom stereocenters. The molecule has 0 aliphatic heterocycles. The van der Waals surface area contributed by atoms with Gasteiger partial charge in [0.2, 0.25) is 0 Å². The van der Waals surface area contributed by atoms with Crippen LogP contribution in [0.25, 0.3) is 0 Å². The third kappa shape index (κ3) is 37.1. The molecule has 0 aliphatic carbocycles. The zero-order valence-corrected chi connectivity index (χ0v) is 7.52. The van der Waals surface area contributed by atoms with E-state index in [-0.39, 0.29) is 33.0 Å². The SMILES string of the molecule is O=[NH+][O-].[Hg]. The minimum absolute atomic E-state index is 0. The molecule has 0 aliphatic rings. The second kappa shape index (κ2) is 10.2. The van der Waals surface area contributed by atoms with Crippen molar-refractivity contribution in [2.24, 2.45) is 0 Å². The van der Waals surface area contributed by atoms with Crippen LogP contribution in [0, 0.1) is 10.1 Å². The van der Waals surface area contributed by atoms with E-state index in [2.05, 4.69) is 0 Å². The largest absolute Gasteiger partial charge is 0.267 e. The summed E-state index contributed by atoms with van der Waals surface area (Å²) >= 11 is 0. The van der Waals surface area contributed by atoms with Crippen molar-refractivity contribution in [3.63, 3.8) is 0 Å². The molecule has 0 aromatic carbocycles. The Morgan fingerprint density at radius 3 is 1.75 bits per heavy atom. The van der Waals surface area contributed by atoms with Crippen molar-refractivity contribution in [3.8, 4) is 0 Å². The van der Waals surface area contributed by atoms with Gasteiger partial charge in [-0.25, -0.2) is 0 Å². The predicted molar refractivity (Wildman–Crippen MR) is 7.70 cm³/mol. The van der Waals surface area contributed by atoms with Crippen molar-refractivity contribution in [2.45, 2.75) is 0 Å². The fourth-order valence-electron chi connectivity index (χ4n) is 0. The summed E-state index contributed by atoms with van der Waals surface area (Å²) in [4.78, 5) is 8.12. The molecular formula is HHgNO2. The maximum atomic E-state index is 8.12. The molecule has 0 unspecified atom stereocenters. The van der Waals surface area contributed by atoms with Crippen molar-refractivity contribution in [2.75, 3.05) is 0 Å². The van der Waals surface area contributed by atoms with E-state index in [9.17, 15) is 0 Å². The number of hydrogen-bond donors (Lipinski definition) is 1. The van der Waals surface area contributed by atoms with E-state index in [1.54, 1.807) is 0 Å². The molecule has 0 bridgehead atoms. The number of rotatable bonds is 0. The van der Waals surface area contributed by atoms with E-state index in [0.717, 1.165) is 0 Å². The van der Waals surface area contributed by atoms with Crippen molar-refractivity contribution in [1.29, 1.82) is 0 Å². The van der Waals surface area contributed by atoms with Gasteiger partial charge in [0.05, 0.1) is 0 Å². The average Bonchev–Trinajstić information content (AvgIpc) is 0.918. The van der Waals surface area contributed by atoms with E-state index in [1.807, 2.05) is 0 Å². The Labute approximate surface area is 43.4 Å². The standard InChI is InChI=1S/Hg.HNO2/c;2-1-3/h;1H. The average molecular weight is 248 g/mol. The molecule has 4 heteroatoms. The van der Waals surface area contributed by atoms with Gasteiger partial charge in [-0.05, 0) is 0 Å². The second-order valence-corrected chi connectivity index (χ2v) is 0.0833. The maximum absolute atomic E-state index is 8.12. The molecule has 0 heterocycles. The van der Waals surface area contributed by atoms with E-state index >= 15 is 0 Å². The van der Waals surface area contributed by atoms with Crippen LogP contribution in [-0.4, -0.2) is 0 Å². The Balaban J connectivity index is 0. The molecule has 1 N–H and O–H groups in total. The van der Waals surface area contributed by atoms with Crippen LogP contribution in [0.2, 0.25) is 0 Å². The van der Waals surface area contributed by atoms with Gasteiger partial charge in [-0.3, -0.25) is 10.1 Å². The molecule has 20 valence electrons. The van der Waals surface area contributed by atoms with Gasteiger partial charge < -0.3 is 0 Å². The topological polar surface area (TPSA) is 54.1 Å². The Morgan fingerprint density at radius 1 is 1.75 bits per heavy atom. The fourth-order valence-corrected chi connectivity index (χ4v) is 0. The quantitative estimate of drug-likeness (QED) is 0.316. The first-order valence-corrected chi connectivity index (χ1v) is 0.408. The minimum atomic E-state index is 0. The zero-order valence-electron chi connectivity index (χ0n) is 2.02. The van der Waals surface area contributed by atoms with Crippen molar-refractivity contribution in [3.05, 3.63) is 10.1 Å². The molecule has 0 spiro atoms. The van der Waals surface area contributed by atoms with Gasteiger partial charge in [-0.1, -0.05) is 0 Å². The van der Waals surface area contributed by atoms with E-state index in [1.165, 1.54) is 0 Å². The van der Waals surface area contributed by atoms with Crippen LogP contribution in [0.3, 0.4) is 0 Å². The first-order chi connectivity index (χ1) is 1.41. The summed E-state index contributed by atoms with van der Waals surface area (Å²) in [6.45, 7) is 0. The molecule has 0 rings (SSSR count). The first-order valence-electron chi connectivity index (χ1n) is 0.408. The summed E-state index contributed by atoms with van der Waals surface area (Å²) in [5, 5.41) is 8.38. The van der Waals surface area contributed by atoms with Crippen molar-refractivity contribution in [1.82, 2.24) is 0 Å². The van der Waals surface area contributed by atoms with Gasteiger partial charge in [-0.2, -0.15) is 0 Å². The Hall–Kier alpha value is 0.335. The molecule has 0 aromatic heterocycles. The second-order valence-electron chi connectivity index (χ2n) is 0.0833. The molecule has 4 heavy (non-hydrogen) atoms. The number of hydrogen-bond acceptors (Lipinski definition) is 2. The molecule has 0 aromatic rings. The van der Waals surface area contributed by atoms with Crippen LogP contribution < -0.4 is 5.34 Å². The van der Waals surface area contributed by atoms with Gasteiger partial charge >= 0.3 is 0 Å². The minimum Gasteiger partial charge on any atom is -0.267 e. The Morgan fingerprint density at radius 2 is 1.75 bits per heavy atom. The zero-order chi connectivity index (χ0) is 2.71. The summed E-state index contributed by atoms with van der Waals surface area (Å²) in [7, 11) is 0. The van der Waals surface area contributed by atoms with Crippen LogP contribution in [0.4, 0.5) is 0 Å². The molecule has 0 radical (unpaired) electrons. The van der Waals surface area contributed by atoms with Gasteiger partial charge in [0.25, 0.3) is 0 Å². The van der Waals surface area contributed by atoms with E-state index < -0.39 is 0 Å². The fraction of sp³-hybridized carbons (Fsp3) is 0. The normalized spacial score (nSPS) is 3.00. The summed E-state index contributed by atoms with van der Waals surface area (Å²) in [5.41, 5.74) is 0. The molecule has 0 fully saturated rings. The summed E-state index contributed by atoms with van der Waals surface area (Å²) < 4.78 is 0. The van der Waals surface area contributed by atoms with Gasteiger partial charge in [-0.15, -0.1) is 0 Å². The summed E-state index contributed by atoms with van der Waals surface area (Å²) in [6, 6.07) is 0. The molecular weight excluding hydrogens is 247 g/mol. The predicted octanol–water partition coefficient (Wildman–Crippen LogP) is -1.67. The maximum Gasteiger partial charge on any atom is 0.00366 e. The van der Waals surface area contributed by atoms with Crippen molar-refractivity contribution < 1.29 is 33.0 Å². The molecule has 0 saturated heterocycles. The monoisotopic (exact) mass is 249 g/mol. The Kier molecular flexibility index (Phi) is 22.6. The van der Waals surface area contributed by atoms with Crippen LogP contribution >= 0.6 is 0 Å². The number of nitrogens with one attached hydrogen (secondary N) is 1. The van der Waals surface area contributed by atoms with E-state index in [0.29, 0.717) is 0 Å². The van der Waals surface area contributed by atoms with E-state index in [4.69, 9.17) is 10.1 Å². The van der Waals surface area contributed by atoms with Gasteiger partial charge in [0.1, 0.15) is 0 Å². The third-order valence-corrected chi connectivity index (χ3v) is 0. The molecule has 0 saturated carbocycles. The van der Waals surface area contributed by atoms with Crippen LogP contribution in [-0.2, 0) is 27.7 Å². The summed E-state index contributed by atoms with van der Waals surface area (Å²) in [6.07, 6.45) is 0. The summed E-state index contributed by atoms with van der Waals surface area (Å²) in [5.74, 6) is 0. The Bertz CT molecular complexity index is 13.5. The van der Waals surface area contributed by atoms with Crippen LogP contribution in [0.5, 0.6) is 0 Å². The third-order valence-electron chi connectivity index (χ3n) is 0. The van der Waals surface area contributed by atoms with Crippen molar-refractivity contribution >= 4 is 0 Å². The van der Waals surface area contributed by atoms with Crippen LogP contribution in [0.15, 0.2) is 0 Å². The first kappa shape index (κ1) is 8.84. The smallest absolute Gasteiger partial charge is 0.00366 e.